The first-order valence-electron chi connectivity index (χ1n) is 5.57. The number of hydrogen-bond donors (Lipinski definition) is 1. The standard InChI is InChI=1S/C11H15BrN2O2S/c12-10-1-2-11(14-6-10)7-13-5-9-3-4-17(15,16)8-9/h1-2,6,9,13H,3-5,7-8H2. The van der Waals surface area contributed by atoms with Gasteiger partial charge in [-0.3, -0.25) is 4.98 Å². The van der Waals surface area contributed by atoms with Gasteiger partial charge in [0.15, 0.2) is 9.84 Å². The van der Waals surface area contributed by atoms with Crippen LogP contribution in [-0.2, 0) is 16.4 Å². The summed E-state index contributed by atoms with van der Waals surface area (Å²) in [7, 11) is -2.76. The molecule has 0 aliphatic carbocycles. The summed E-state index contributed by atoms with van der Waals surface area (Å²) in [5.74, 6) is 0.930. The average molecular weight is 319 g/mol. The maximum atomic E-state index is 11.3. The molecule has 1 N–H and O–H groups in total. The summed E-state index contributed by atoms with van der Waals surface area (Å²) in [5.41, 5.74) is 0.967. The molecule has 17 heavy (non-hydrogen) atoms. The van der Waals surface area contributed by atoms with E-state index in [9.17, 15) is 8.42 Å². The van der Waals surface area contributed by atoms with E-state index in [0.29, 0.717) is 18.1 Å². The maximum absolute atomic E-state index is 11.3. The molecule has 0 saturated carbocycles. The molecule has 1 aromatic heterocycles. The SMILES string of the molecule is O=S1(=O)CCC(CNCc2ccc(Br)cn2)C1. The maximum Gasteiger partial charge on any atom is 0.150 e. The van der Waals surface area contributed by atoms with Crippen LogP contribution < -0.4 is 5.32 Å². The van der Waals surface area contributed by atoms with Gasteiger partial charge in [0.1, 0.15) is 0 Å². The highest BCUT2D eigenvalue weighted by Crippen LogP contribution is 2.17. The van der Waals surface area contributed by atoms with E-state index >= 15 is 0 Å². The van der Waals surface area contributed by atoms with Gasteiger partial charge in [0.25, 0.3) is 0 Å². The van der Waals surface area contributed by atoms with Crippen LogP contribution in [-0.4, -0.2) is 31.5 Å². The molecule has 0 radical (unpaired) electrons. The van der Waals surface area contributed by atoms with Crippen molar-refractivity contribution in [2.75, 3.05) is 18.1 Å². The molecular weight excluding hydrogens is 304 g/mol. The highest BCUT2D eigenvalue weighted by Gasteiger charge is 2.27. The molecule has 2 heterocycles. The summed E-state index contributed by atoms with van der Waals surface area (Å²) in [6, 6.07) is 3.90. The Hall–Kier alpha value is -0.460. The quantitative estimate of drug-likeness (QED) is 0.911. The molecule has 1 aliphatic heterocycles. The lowest BCUT2D eigenvalue weighted by Crippen LogP contribution is -2.23. The van der Waals surface area contributed by atoms with Gasteiger partial charge in [-0.2, -0.15) is 0 Å². The normalized spacial score (nSPS) is 22.8. The summed E-state index contributed by atoms with van der Waals surface area (Å²) in [5, 5.41) is 3.26. The van der Waals surface area contributed by atoms with E-state index in [2.05, 4.69) is 26.2 Å². The van der Waals surface area contributed by atoms with Crippen LogP contribution in [0.3, 0.4) is 0 Å². The lowest BCUT2D eigenvalue weighted by Gasteiger charge is -2.08. The van der Waals surface area contributed by atoms with E-state index in [4.69, 9.17) is 0 Å². The van der Waals surface area contributed by atoms with Gasteiger partial charge < -0.3 is 5.32 Å². The Bertz CT molecular complexity index is 473. The molecule has 1 saturated heterocycles. The van der Waals surface area contributed by atoms with Crippen molar-refractivity contribution in [1.29, 1.82) is 0 Å². The van der Waals surface area contributed by atoms with E-state index in [1.165, 1.54) is 0 Å². The minimum Gasteiger partial charge on any atom is -0.311 e. The van der Waals surface area contributed by atoms with Crippen LogP contribution in [0.4, 0.5) is 0 Å². The third-order valence-corrected chi connectivity index (χ3v) is 5.16. The highest BCUT2D eigenvalue weighted by molar-refractivity contribution is 9.10. The molecule has 0 amide bonds. The molecule has 6 heteroatoms. The average Bonchev–Trinajstić information content (AvgIpc) is 2.61. The van der Waals surface area contributed by atoms with Crippen LogP contribution in [0.25, 0.3) is 0 Å². The zero-order valence-corrected chi connectivity index (χ0v) is 11.8. The van der Waals surface area contributed by atoms with E-state index in [-0.39, 0.29) is 5.92 Å². The molecule has 1 aliphatic rings. The van der Waals surface area contributed by atoms with Crippen molar-refractivity contribution in [2.45, 2.75) is 13.0 Å². The molecule has 0 spiro atoms. The number of halogens is 1. The van der Waals surface area contributed by atoms with E-state index < -0.39 is 9.84 Å². The van der Waals surface area contributed by atoms with Gasteiger partial charge >= 0.3 is 0 Å². The van der Waals surface area contributed by atoms with Crippen molar-refractivity contribution in [3.05, 3.63) is 28.5 Å². The van der Waals surface area contributed by atoms with Crippen molar-refractivity contribution in [2.24, 2.45) is 5.92 Å². The van der Waals surface area contributed by atoms with Gasteiger partial charge in [-0.05, 0) is 46.9 Å². The highest BCUT2D eigenvalue weighted by atomic mass is 79.9. The van der Waals surface area contributed by atoms with Gasteiger partial charge in [-0.1, -0.05) is 0 Å². The summed E-state index contributed by atoms with van der Waals surface area (Å²) in [6.45, 7) is 1.43. The molecule has 2 rings (SSSR count). The molecule has 4 nitrogen and oxygen atoms in total. The second-order valence-electron chi connectivity index (χ2n) is 4.37. The predicted molar refractivity (Wildman–Crippen MR) is 70.4 cm³/mol. The number of sulfone groups is 1. The Morgan fingerprint density at radius 2 is 2.29 bits per heavy atom. The Balaban J connectivity index is 1.75. The third kappa shape index (κ3) is 4.04. The van der Waals surface area contributed by atoms with Gasteiger partial charge in [-0.25, -0.2) is 8.42 Å². The van der Waals surface area contributed by atoms with E-state index in [1.54, 1.807) is 6.20 Å². The second kappa shape index (κ2) is 5.46. The molecule has 0 bridgehead atoms. The first-order valence-corrected chi connectivity index (χ1v) is 8.18. The van der Waals surface area contributed by atoms with E-state index in [0.717, 1.165) is 23.1 Å². The van der Waals surface area contributed by atoms with E-state index in [1.807, 2.05) is 12.1 Å². The lowest BCUT2D eigenvalue weighted by atomic mass is 10.1. The number of aromatic nitrogens is 1. The Morgan fingerprint density at radius 1 is 1.47 bits per heavy atom. The second-order valence-corrected chi connectivity index (χ2v) is 7.51. The molecule has 94 valence electrons. The van der Waals surface area contributed by atoms with Crippen molar-refractivity contribution < 1.29 is 8.42 Å². The third-order valence-electron chi connectivity index (χ3n) is 2.85. The molecule has 1 atom stereocenters. The van der Waals surface area contributed by atoms with Crippen molar-refractivity contribution >= 4 is 25.8 Å². The zero-order valence-electron chi connectivity index (χ0n) is 9.39. The smallest absolute Gasteiger partial charge is 0.150 e. The molecule has 1 fully saturated rings. The summed E-state index contributed by atoms with van der Waals surface area (Å²) >= 11 is 3.33. The van der Waals surface area contributed by atoms with Crippen molar-refractivity contribution in [3.8, 4) is 0 Å². The molecule has 1 aromatic rings. The summed E-state index contributed by atoms with van der Waals surface area (Å²) in [6.07, 6.45) is 2.54. The topological polar surface area (TPSA) is 59.1 Å². The minimum atomic E-state index is -2.76. The lowest BCUT2D eigenvalue weighted by molar-refractivity contribution is 0.518. The Labute approximate surface area is 110 Å². The number of pyridine rings is 1. The fraction of sp³-hybridized carbons (Fsp3) is 0.545. The number of nitrogens with one attached hydrogen (secondary N) is 1. The van der Waals surface area contributed by atoms with Crippen LogP contribution in [0.1, 0.15) is 12.1 Å². The largest absolute Gasteiger partial charge is 0.311 e. The molecule has 0 aromatic carbocycles. The Morgan fingerprint density at radius 3 is 2.88 bits per heavy atom. The first kappa shape index (κ1) is 13.0. The predicted octanol–water partition coefficient (Wildman–Crippen LogP) is 1.37. The Kier molecular flexibility index (Phi) is 4.17. The monoisotopic (exact) mass is 318 g/mol. The van der Waals surface area contributed by atoms with Crippen LogP contribution in [0, 0.1) is 5.92 Å². The summed E-state index contributed by atoms with van der Waals surface area (Å²) < 4.78 is 23.5. The van der Waals surface area contributed by atoms with Gasteiger partial charge in [0, 0.05) is 17.2 Å². The summed E-state index contributed by atoms with van der Waals surface area (Å²) in [4.78, 5) is 4.24. The molecule has 1 unspecified atom stereocenters. The van der Waals surface area contributed by atoms with Crippen LogP contribution in [0.15, 0.2) is 22.8 Å². The fourth-order valence-electron chi connectivity index (χ4n) is 1.95. The zero-order chi connectivity index (χ0) is 12.3. The molecular formula is C11H15BrN2O2S. The van der Waals surface area contributed by atoms with Crippen molar-refractivity contribution in [3.63, 3.8) is 0 Å². The fourth-order valence-corrected chi connectivity index (χ4v) is 4.04. The number of hydrogen-bond acceptors (Lipinski definition) is 4. The number of rotatable bonds is 4. The number of nitrogens with zero attached hydrogens (tertiary/aromatic N) is 1. The minimum absolute atomic E-state index is 0.260. The van der Waals surface area contributed by atoms with Gasteiger partial charge in [-0.15, -0.1) is 0 Å². The van der Waals surface area contributed by atoms with Crippen LogP contribution in [0.5, 0.6) is 0 Å². The van der Waals surface area contributed by atoms with Crippen molar-refractivity contribution in [1.82, 2.24) is 10.3 Å². The first-order chi connectivity index (χ1) is 8.05. The van der Waals surface area contributed by atoms with Crippen LogP contribution >= 0.6 is 15.9 Å². The van der Waals surface area contributed by atoms with Crippen LogP contribution in [0.2, 0.25) is 0 Å². The van der Waals surface area contributed by atoms with Gasteiger partial charge in [0.05, 0.1) is 17.2 Å². The van der Waals surface area contributed by atoms with Gasteiger partial charge in [0.2, 0.25) is 0 Å².